The molecule has 1 aliphatic carbocycles. The van der Waals surface area contributed by atoms with Crippen LogP contribution in [0.15, 0.2) is 50.0 Å². The van der Waals surface area contributed by atoms with E-state index in [-0.39, 0.29) is 0 Å². The monoisotopic (exact) mass is 267 g/mol. The third-order valence-electron chi connectivity index (χ3n) is 2.72. The lowest BCUT2D eigenvalue weighted by molar-refractivity contribution is 1.27. The second-order valence-electron chi connectivity index (χ2n) is 3.93. The molecule has 92 valence electrons. The molecule has 0 N–H and O–H groups in total. The fraction of sp³-hybridized carbons (Fsp3) is 0.357. The van der Waals surface area contributed by atoms with Crippen molar-refractivity contribution in [1.29, 1.82) is 0 Å². The maximum atomic E-state index is 6.00. The highest BCUT2D eigenvalue weighted by Crippen LogP contribution is 2.20. The molecule has 0 aromatic carbocycles. The van der Waals surface area contributed by atoms with E-state index in [4.69, 9.17) is 11.6 Å². The number of nitrogens with zero attached hydrogens (tertiary/aromatic N) is 1. The highest BCUT2D eigenvalue weighted by molar-refractivity contribution is 8.02. The van der Waals surface area contributed by atoms with Gasteiger partial charge in [0.25, 0.3) is 0 Å². The van der Waals surface area contributed by atoms with Crippen molar-refractivity contribution in [3.05, 3.63) is 45.0 Å². The van der Waals surface area contributed by atoms with Crippen molar-refractivity contribution in [3.63, 3.8) is 0 Å². The Labute approximate surface area is 113 Å². The van der Waals surface area contributed by atoms with Crippen LogP contribution in [-0.4, -0.2) is 12.5 Å². The van der Waals surface area contributed by atoms with E-state index in [1.165, 1.54) is 10.5 Å². The van der Waals surface area contributed by atoms with Crippen molar-refractivity contribution >= 4 is 29.6 Å². The van der Waals surface area contributed by atoms with Crippen LogP contribution in [0.25, 0.3) is 0 Å². The first-order valence-electron chi connectivity index (χ1n) is 5.53. The van der Waals surface area contributed by atoms with Crippen LogP contribution in [-0.2, 0) is 0 Å². The van der Waals surface area contributed by atoms with Crippen molar-refractivity contribution in [3.8, 4) is 0 Å². The molecular formula is C14H18ClNS. The Hall–Kier alpha value is -0.730. The fourth-order valence-electron chi connectivity index (χ4n) is 1.30. The lowest BCUT2D eigenvalue weighted by atomic mass is 10.1. The minimum absolute atomic E-state index is 0.805. The normalized spacial score (nSPS) is 18.3. The molecule has 0 amide bonds. The van der Waals surface area contributed by atoms with Gasteiger partial charge in [0, 0.05) is 28.3 Å². The molecule has 0 aromatic heterocycles. The predicted octanol–water partition coefficient (Wildman–Crippen LogP) is 5.07. The molecule has 3 heteroatoms. The van der Waals surface area contributed by atoms with Gasteiger partial charge in [-0.1, -0.05) is 23.8 Å². The van der Waals surface area contributed by atoms with Gasteiger partial charge in [-0.25, -0.2) is 0 Å². The highest BCUT2D eigenvalue weighted by Gasteiger charge is 2.01. The molecule has 1 aliphatic rings. The van der Waals surface area contributed by atoms with Gasteiger partial charge in [0.15, 0.2) is 0 Å². The third kappa shape index (κ3) is 4.57. The molecule has 0 atom stereocenters. The Balaban J connectivity index is 2.91. The Bertz CT molecular complexity index is 439. The Morgan fingerprint density at radius 3 is 2.76 bits per heavy atom. The molecule has 17 heavy (non-hydrogen) atoms. The SMILES string of the molecule is CS/C(C)=C(/C)N=CC1=CC=C(Cl)CC=C1C. The minimum Gasteiger partial charge on any atom is -0.260 e. The first-order chi connectivity index (χ1) is 8.04. The number of allylic oxidation sites excluding steroid dienone is 8. The van der Waals surface area contributed by atoms with Gasteiger partial charge in [0.2, 0.25) is 0 Å². The summed E-state index contributed by atoms with van der Waals surface area (Å²) in [5.41, 5.74) is 3.40. The van der Waals surface area contributed by atoms with Gasteiger partial charge in [0.1, 0.15) is 0 Å². The van der Waals surface area contributed by atoms with Crippen LogP contribution in [0, 0.1) is 0 Å². The van der Waals surface area contributed by atoms with Crippen LogP contribution in [0.3, 0.4) is 0 Å². The van der Waals surface area contributed by atoms with Crippen molar-refractivity contribution in [2.75, 3.05) is 6.26 Å². The molecule has 0 aromatic rings. The third-order valence-corrected chi connectivity index (χ3v) is 3.90. The first kappa shape index (κ1) is 14.3. The van der Waals surface area contributed by atoms with E-state index in [1.807, 2.05) is 25.3 Å². The van der Waals surface area contributed by atoms with E-state index in [0.717, 1.165) is 22.7 Å². The van der Waals surface area contributed by atoms with E-state index in [1.54, 1.807) is 11.8 Å². The average molecular weight is 268 g/mol. The summed E-state index contributed by atoms with van der Waals surface area (Å²) >= 11 is 7.73. The zero-order valence-electron chi connectivity index (χ0n) is 10.7. The van der Waals surface area contributed by atoms with Crippen LogP contribution in [0.4, 0.5) is 0 Å². The zero-order chi connectivity index (χ0) is 12.8. The highest BCUT2D eigenvalue weighted by atomic mass is 35.5. The van der Waals surface area contributed by atoms with Crippen LogP contribution in [0.1, 0.15) is 27.2 Å². The van der Waals surface area contributed by atoms with Crippen molar-refractivity contribution < 1.29 is 0 Å². The van der Waals surface area contributed by atoms with E-state index in [2.05, 4.69) is 31.2 Å². The fourth-order valence-corrected chi connectivity index (χ4v) is 1.79. The average Bonchev–Trinajstić information content (AvgIpc) is 2.48. The van der Waals surface area contributed by atoms with Crippen LogP contribution < -0.4 is 0 Å². The van der Waals surface area contributed by atoms with Gasteiger partial charge in [-0.3, -0.25) is 4.99 Å². The largest absolute Gasteiger partial charge is 0.260 e. The molecule has 0 saturated heterocycles. The molecule has 0 fully saturated rings. The minimum atomic E-state index is 0.805. The van der Waals surface area contributed by atoms with Gasteiger partial charge < -0.3 is 0 Å². The van der Waals surface area contributed by atoms with E-state index in [9.17, 15) is 0 Å². The smallest absolute Gasteiger partial charge is 0.0464 e. The first-order valence-corrected chi connectivity index (χ1v) is 7.14. The van der Waals surface area contributed by atoms with Gasteiger partial charge in [-0.05, 0) is 44.2 Å². The number of hydrogen-bond acceptors (Lipinski definition) is 2. The molecule has 0 bridgehead atoms. The number of hydrogen-bond donors (Lipinski definition) is 0. The van der Waals surface area contributed by atoms with Crippen LogP contribution in [0.2, 0.25) is 0 Å². The second kappa shape index (κ2) is 6.87. The van der Waals surface area contributed by atoms with E-state index in [0.29, 0.717) is 0 Å². The lowest BCUT2D eigenvalue weighted by Gasteiger charge is -2.01. The molecule has 0 heterocycles. The number of aliphatic imine (C=N–C) groups is 1. The maximum Gasteiger partial charge on any atom is 0.0464 e. The topological polar surface area (TPSA) is 12.4 Å². The van der Waals surface area contributed by atoms with Gasteiger partial charge >= 0.3 is 0 Å². The predicted molar refractivity (Wildman–Crippen MR) is 80.8 cm³/mol. The lowest BCUT2D eigenvalue weighted by Crippen LogP contribution is -1.87. The quantitative estimate of drug-likeness (QED) is 0.650. The molecule has 0 aliphatic heterocycles. The summed E-state index contributed by atoms with van der Waals surface area (Å²) < 4.78 is 0. The molecule has 1 nitrogen and oxygen atoms in total. The summed E-state index contributed by atoms with van der Waals surface area (Å²) in [5.74, 6) is 0. The molecule has 0 spiro atoms. The van der Waals surface area contributed by atoms with E-state index < -0.39 is 0 Å². The Morgan fingerprint density at radius 1 is 1.41 bits per heavy atom. The Morgan fingerprint density at radius 2 is 2.12 bits per heavy atom. The standard InChI is InChI=1S/C14H18ClNS/c1-10-5-7-14(15)8-6-13(10)9-16-11(2)12(3)17-4/h5-6,8-9H,7H2,1-4H3/b12-11-,16-9?. The molecule has 1 rings (SSSR count). The number of thioether (sulfide) groups is 1. The summed E-state index contributed by atoms with van der Waals surface area (Å²) in [7, 11) is 0. The molecule has 0 saturated carbocycles. The van der Waals surface area contributed by atoms with Crippen LogP contribution in [0.5, 0.6) is 0 Å². The molecular weight excluding hydrogens is 250 g/mol. The van der Waals surface area contributed by atoms with Gasteiger partial charge in [-0.15, -0.1) is 11.8 Å². The maximum absolute atomic E-state index is 6.00. The molecule has 0 radical (unpaired) electrons. The number of halogens is 1. The van der Waals surface area contributed by atoms with Crippen molar-refractivity contribution in [2.45, 2.75) is 27.2 Å². The van der Waals surface area contributed by atoms with Crippen LogP contribution >= 0.6 is 23.4 Å². The summed E-state index contributed by atoms with van der Waals surface area (Å²) in [6.45, 7) is 6.20. The van der Waals surface area contributed by atoms with E-state index >= 15 is 0 Å². The van der Waals surface area contributed by atoms with Crippen molar-refractivity contribution in [1.82, 2.24) is 0 Å². The number of rotatable bonds is 3. The summed E-state index contributed by atoms with van der Waals surface area (Å²) in [4.78, 5) is 5.73. The Kier molecular flexibility index (Phi) is 5.79. The second-order valence-corrected chi connectivity index (χ2v) is 5.44. The van der Waals surface area contributed by atoms with Gasteiger partial charge in [-0.2, -0.15) is 0 Å². The summed E-state index contributed by atoms with van der Waals surface area (Å²) in [6.07, 6.45) is 10.9. The summed E-state index contributed by atoms with van der Waals surface area (Å²) in [5, 5.41) is 0.861. The van der Waals surface area contributed by atoms with Gasteiger partial charge in [0.05, 0.1) is 0 Å². The zero-order valence-corrected chi connectivity index (χ0v) is 12.3. The van der Waals surface area contributed by atoms with Crippen molar-refractivity contribution in [2.24, 2.45) is 4.99 Å². The molecule has 0 unspecified atom stereocenters. The summed E-state index contributed by atoms with van der Waals surface area (Å²) in [6, 6.07) is 0.